The average molecular weight is 346 g/mol. The molecule has 136 valence electrons. The van der Waals surface area contributed by atoms with Crippen LogP contribution in [0, 0.1) is 12.8 Å². The second kappa shape index (κ2) is 9.20. The van der Waals surface area contributed by atoms with Gasteiger partial charge < -0.3 is 15.0 Å². The van der Waals surface area contributed by atoms with Gasteiger partial charge in [0.1, 0.15) is 0 Å². The van der Waals surface area contributed by atoms with Crippen molar-refractivity contribution in [1.29, 1.82) is 0 Å². The van der Waals surface area contributed by atoms with Gasteiger partial charge in [0.25, 0.3) is 5.91 Å². The molecule has 1 heterocycles. The predicted octanol–water partition coefficient (Wildman–Crippen LogP) is 1.92. The number of aryl methyl sites for hydroxylation is 1. The Hall–Kier alpha value is -2.37. The highest BCUT2D eigenvalue weighted by molar-refractivity contribution is 5.94. The third kappa shape index (κ3) is 5.59. The minimum Gasteiger partial charge on any atom is -0.466 e. The molecule has 0 unspecified atom stereocenters. The number of ether oxygens (including phenoxy) is 1. The maximum atomic E-state index is 12.3. The summed E-state index contributed by atoms with van der Waals surface area (Å²) in [6.45, 7) is 5.40. The number of rotatable bonds is 6. The van der Waals surface area contributed by atoms with Crippen molar-refractivity contribution in [1.82, 2.24) is 10.2 Å². The highest BCUT2D eigenvalue weighted by Gasteiger charge is 2.29. The molecule has 1 aromatic rings. The van der Waals surface area contributed by atoms with E-state index in [1.54, 1.807) is 17.9 Å². The number of carbonyl (C=O) groups is 3. The van der Waals surface area contributed by atoms with Crippen molar-refractivity contribution < 1.29 is 19.1 Å². The zero-order chi connectivity index (χ0) is 18.2. The van der Waals surface area contributed by atoms with Crippen LogP contribution in [0.1, 0.15) is 42.1 Å². The average Bonchev–Trinajstić information content (AvgIpc) is 2.62. The van der Waals surface area contributed by atoms with Crippen molar-refractivity contribution in [2.24, 2.45) is 5.92 Å². The van der Waals surface area contributed by atoms with E-state index in [2.05, 4.69) is 5.32 Å². The van der Waals surface area contributed by atoms with Crippen LogP contribution in [-0.4, -0.2) is 48.9 Å². The van der Waals surface area contributed by atoms with Crippen molar-refractivity contribution in [3.63, 3.8) is 0 Å². The summed E-state index contributed by atoms with van der Waals surface area (Å²) >= 11 is 0. The molecule has 1 N–H and O–H groups in total. The van der Waals surface area contributed by atoms with E-state index in [9.17, 15) is 14.4 Å². The van der Waals surface area contributed by atoms with Gasteiger partial charge >= 0.3 is 5.97 Å². The number of carbonyl (C=O) groups excluding carboxylic acids is 3. The smallest absolute Gasteiger partial charge is 0.310 e. The van der Waals surface area contributed by atoms with E-state index in [-0.39, 0.29) is 36.7 Å². The first kappa shape index (κ1) is 19.0. The van der Waals surface area contributed by atoms with E-state index in [1.807, 2.05) is 25.1 Å². The molecule has 0 aliphatic carbocycles. The van der Waals surface area contributed by atoms with Crippen LogP contribution in [-0.2, 0) is 14.3 Å². The molecule has 1 aromatic carbocycles. The van der Waals surface area contributed by atoms with Crippen LogP contribution in [0.4, 0.5) is 0 Å². The Morgan fingerprint density at radius 1 is 1.32 bits per heavy atom. The lowest BCUT2D eigenvalue weighted by Gasteiger charge is -2.31. The standard InChI is InChI=1S/C19H26N2O4/c1-3-25-19(24)16-8-5-11-21(13-16)17(22)9-10-20-18(23)15-7-4-6-14(2)12-15/h4,6-7,12,16H,3,5,8-11,13H2,1-2H3,(H,20,23)/t16-/m0/s1. The molecule has 0 saturated carbocycles. The van der Waals surface area contributed by atoms with Gasteiger partial charge in [0.15, 0.2) is 0 Å². The molecule has 1 aliphatic rings. The predicted molar refractivity (Wildman–Crippen MR) is 94.1 cm³/mol. The monoisotopic (exact) mass is 346 g/mol. The molecule has 0 radical (unpaired) electrons. The third-order valence-corrected chi connectivity index (χ3v) is 4.30. The van der Waals surface area contributed by atoms with Gasteiger partial charge in [-0.1, -0.05) is 17.7 Å². The minimum atomic E-state index is -0.237. The number of hydrogen-bond donors (Lipinski definition) is 1. The summed E-state index contributed by atoms with van der Waals surface area (Å²) in [7, 11) is 0. The molecule has 2 rings (SSSR count). The van der Waals surface area contributed by atoms with Gasteiger partial charge in [-0.2, -0.15) is 0 Å². The first-order chi connectivity index (χ1) is 12.0. The number of nitrogens with zero attached hydrogens (tertiary/aromatic N) is 1. The van der Waals surface area contributed by atoms with Crippen LogP contribution in [0.25, 0.3) is 0 Å². The topological polar surface area (TPSA) is 75.7 Å². The molecule has 1 atom stereocenters. The van der Waals surface area contributed by atoms with E-state index in [1.165, 1.54) is 0 Å². The van der Waals surface area contributed by atoms with E-state index < -0.39 is 0 Å². The van der Waals surface area contributed by atoms with Crippen LogP contribution in [0.3, 0.4) is 0 Å². The number of amides is 2. The first-order valence-electron chi connectivity index (χ1n) is 8.80. The second-order valence-corrected chi connectivity index (χ2v) is 6.31. The molecule has 6 heteroatoms. The maximum Gasteiger partial charge on any atom is 0.310 e. The van der Waals surface area contributed by atoms with Crippen molar-refractivity contribution >= 4 is 17.8 Å². The van der Waals surface area contributed by atoms with Gasteiger partial charge in [-0.3, -0.25) is 14.4 Å². The van der Waals surface area contributed by atoms with Crippen LogP contribution in [0.2, 0.25) is 0 Å². The van der Waals surface area contributed by atoms with Crippen LogP contribution in [0.5, 0.6) is 0 Å². The highest BCUT2D eigenvalue weighted by atomic mass is 16.5. The van der Waals surface area contributed by atoms with Crippen LogP contribution >= 0.6 is 0 Å². The summed E-state index contributed by atoms with van der Waals surface area (Å²) in [5.41, 5.74) is 1.61. The zero-order valence-corrected chi connectivity index (χ0v) is 14.9. The molecule has 0 aromatic heterocycles. The molecule has 0 bridgehead atoms. The highest BCUT2D eigenvalue weighted by Crippen LogP contribution is 2.18. The fraction of sp³-hybridized carbons (Fsp3) is 0.526. The van der Waals surface area contributed by atoms with Gasteiger partial charge in [0.2, 0.25) is 5.91 Å². The van der Waals surface area contributed by atoms with Crippen LogP contribution < -0.4 is 5.32 Å². The molecule has 0 spiro atoms. The molecule has 6 nitrogen and oxygen atoms in total. The van der Waals surface area contributed by atoms with E-state index >= 15 is 0 Å². The zero-order valence-electron chi connectivity index (χ0n) is 14.9. The molecular formula is C19H26N2O4. The molecule has 1 aliphatic heterocycles. The van der Waals surface area contributed by atoms with Crippen LogP contribution in [0.15, 0.2) is 24.3 Å². The fourth-order valence-electron chi connectivity index (χ4n) is 2.99. The Labute approximate surface area is 148 Å². The van der Waals surface area contributed by atoms with Crippen molar-refractivity contribution in [2.45, 2.75) is 33.1 Å². The Morgan fingerprint density at radius 3 is 2.84 bits per heavy atom. The number of esters is 1. The summed E-state index contributed by atoms with van der Waals surface area (Å²) in [6.07, 6.45) is 1.78. The molecule has 25 heavy (non-hydrogen) atoms. The van der Waals surface area contributed by atoms with E-state index in [0.29, 0.717) is 25.3 Å². The van der Waals surface area contributed by atoms with Gasteiger partial charge in [-0.05, 0) is 38.8 Å². The molecule has 1 fully saturated rings. The van der Waals surface area contributed by atoms with Gasteiger partial charge in [0.05, 0.1) is 12.5 Å². The number of hydrogen-bond acceptors (Lipinski definition) is 4. The quantitative estimate of drug-likeness (QED) is 0.799. The number of piperidine rings is 1. The minimum absolute atomic E-state index is 0.0430. The van der Waals surface area contributed by atoms with Gasteiger partial charge in [0, 0.05) is 31.6 Å². The Balaban J connectivity index is 1.78. The summed E-state index contributed by atoms with van der Waals surface area (Å²) < 4.78 is 5.05. The Kier molecular flexibility index (Phi) is 6.98. The lowest BCUT2D eigenvalue weighted by atomic mass is 9.98. The van der Waals surface area contributed by atoms with Gasteiger partial charge in [-0.25, -0.2) is 0 Å². The van der Waals surface area contributed by atoms with Crippen molar-refractivity contribution in [3.05, 3.63) is 35.4 Å². The summed E-state index contributed by atoms with van der Waals surface area (Å²) in [5.74, 6) is -0.689. The van der Waals surface area contributed by atoms with E-state index in [4.69, 9.17) is 4.74 Å². The largest absolute Gasteiger partial charge is 0.466 e. The fourth-order valence-corrected chi connectivity index (χ4v) is 2.99. The lowest BCUT2D eigenvalue weighted by Crippen LogP contribution is -2.43. The number of nitrogens with one attached hydrogen (secondary N) is 1. The number of likely N-dealkylation sites (tertiary alicyclic amines) is 1. The molecule has 2 amide bonds. The maximum absolute atomic E-state index is 12.3. The van der Waals surface area contributed by atoms with Crippen molar-refractivity contribution in [3.8, 4) is 0 Å². The first-order valence-corrected chi connectivity index (χ1v) is 8.80. The van der Waals surface area contributed by atoms with Gasteiger partial charge in [-0.15, -0.1) is 0 Å². The normalized spacial score (nSPS) is 17.0. The Morgan fingerprint density at radius 2 is 2.12 bits per heavy atom. The van der Waals surface area contributed by atoms with Crippen molar-refractivity contribution in [2.75, 3.05) is 26.2 Å². The SMILES string of the molecule is CCOC(=O)[C@H]1CCCN(C(=O)CCNC(=O)c2cccc(C)c2)C1. The lowest BCUT2D eigenvalue weighted by molar-refractivity contribution is -0.151. The molecule has 1 saturated heterocycles. The summed E-state index contributed by atoms with van der Waals surface area (Å²) in [4.78, 5) is 37.9. The van der Waals surface area contributed by atoms with E-state index in [0.717, 1.165) is 18.4 Å². The summed E-state index contributed by atoms with van der Waals surface area (Å²) in [5, 5.41) is 2.77. The third-order valence-electron chi connectivity index (χ3n) is 4.30. The summed E-state index contributed by atoms with van der Waals surface area (Å²) in [6, 6.07) is 7.32. The second-order valence-electron chi connectivity index (χ2n) is 6.31. The molecular weight excluding hydrogens is 320 g/mol. The number of benzene rings is 1. The Bertz CT molecular complexity index is 630.